The lowest BCUT2D eigenvalue weighted by atomic mass is 10.0. The summed E-state index contributed by atoms with van der Waals surface area (Å²) < 4.78 is 24.1. The Morgan fingerprint density at radius 3 is 2.80 bits per heavy atom. The first-order chi connectivity index (χ1) is 6.99. The third-order valence-electron chi connectivity index (χ3n) is 2.64. The molecule has 1 aromatic rings. The summed E-state index contributed by atoms with van der Waals surface area (Å²) in [6, 6.07) is 0. The van der Waals surface area contributed by atoms with Gasteiger partial charge in [0.25, 0.3) is 0 Å². The fourth-order valence-corrected chi connectivity index (χ4v) is 3.53. The van der Waals surface area contributed by atoms with Crippen molar-refractivity contribution in [2.24, 2.45) is 13.0 Å². The van der Waals surface area contributed by atoms with Gasteiger partial charge in [-0.25, -0.2) is 13.4 Å². The predicted octanol–water partition coefficient (Wildman–Crippen LogP) is 0.0375. The average molecular weight is 228 g/mol. The van der Waals surface area contributed by atoms with Gasteiger partial charge in [-0.1, -0.05) is 0 Å². The number of rotatable bonds is 2. The summed E-state index contributed by atoms with van der Waals surface area (Å²) in [5, 5.41) is 0. The van der Waals surface area contributed by atoms with Gasteiger partial charge in [-0.05, 0) is 6.42 Å². The zero-order valence-electron chi connectivity index (χ0n) is 8.38. The number of carbonyl (C=O) groups is 1. The fraction of sp³-hybridized carbons (Fsp3) is 0.556. The molecule has 15 heavy (non-hydrogen) atoms. The molecule has 1 aliphatic heterocycles. The number of carbonyl (C=O) groups excluding carboxylic acids is 1. The highest BCUT2D eigenvalue weighted by atomic mass is 32.2. The summed E-state index contributed by atoms with van der Waals surface area (Å²) in [6.45, 7) is 0. The zero-order valence-corrected chi connectivity index (χ0v) is 9.20. The summed E-state index contributed by atoms with van der Waals surface area (Å²) in [7, 11) is -1.28. The molecular formula is C9H12N2O3S. The van der Waals surface area contributed by atoms with Crippen LogP contribution < -0.4 is 0 Å². The highest BCUT2D eigenvalue weighted by Gasteiger charge is 2.34. The van der Waals surface area contributed by atoms with E-state index in [1.807, 2.05) is 0 Å². The Hall–Kier alpha value is -1.17. The lowest BCUT2D eigenvalue weighted by Gasteiger charge is -2.05. The SMILES string of the molecule is Cn1ccnc1C(=O)C1CCS(=O)(=O)C1. The van der Waals surface area contributed by atoms with E-state index in [0.29, 0.717) is 12.2 Å². The maximum atomic E-state index is 11.9. The van der Waals surface area contributed by atoms with Crippen molar-refractivity contribution in [1.82, 2.24) is 9.55 Å². The van der Waals surface area contributed by atoms with E-state index in [1.165, 1.54) is 6.20 Å². The predicted molar refractivity (Wildman–Crippen MR) is 54.3 cm³/mol. The van der Waals surface area contributed by atoms with Gasteiger partial charge in [-0.3, -0.25) is 4.79 Å². The second-order valence-electron chi connectivity index (χ2n) is 3.83. The lowest BCUT2D eigenvalue weighted by molar-refractivity contribution is 0.0919. The third kappa shape index (κ3) is 1.94. The molecule has 0 bridgehead atoms. The van der Waals surface area contributed by atoms with Crippen LogP contribution in [-0.4, -0.2) is 35.3 Å². The first kappa shape index (κ1) is 10.4. The second kappa shape index (κ2) is 3.44. The fourth-order valence-electron chi connectivity index (χ4n) is 1.79. The van der Waals surface area contributed by atoms with Crippen molar-refractivity contribution in [3.8, 4) is 0 Å². The van der Waals surface area contributed by atoms with Crippen LogP contribution in [-0.2, 0) is 16.9 Å². The molecule has 0 spiro atoms. The van der Waals surface area contributed by atoms with Crippen LogP contribution in [0.2, 0.25) is 0 Å². The first-order valence-electron chi connectivity index (χ1n) is 4.71. The van der Waals surface area contributed by atoms with Gasteiger partial charge in [0.15, 0.2) is 15.7 Å². The molecule has 2 heterocycles. The topological polar surface area (TPSA) is 69.0 Å². The van der Waals surface area contributed by atoms with Crippen LogP contribution in [0.5, 0.6) is 0 Å². The van der Waals surface area contributed by atoms with Crippen LogP contribution in [0.25, 0.3) is 0 Å². The lowest BCUT2D eigenvalue weighted by Crippen LogP contribution is -2.19. The molecule has 1 unspecified atom stereocenters. The van der Waals surface area contributed by atoms with E-state index in [1.54, 1.807) is 17.8 Å². The van der Waals surface area contributed by atoms with Crippen LogP contribution in [0.1, 0.15) is 17.0 Å². The smallest absolute Gasteiger partial charge is 0.202 e. The Morgan fingerprint density at radius 1 is 1.60 bits per heavy atom. The normalized spacial score (nSPS) is 24.2. The van der Waals surface area contributed by atoms with Crippen molar-refractivity contribution in [2.45, 2.75) is 6.42 Å². The third-order valence-corrected chi connectivity index (χ3v) is 4.41. The molecule has 1 fully saturated rings. The van der Waals surface area contributed by atoms with Crippen LogP contribution in [0.15, 0.2) is 12.4 Å². The Balaban J connectivity index is 2.21. The van der Waals surface area contributed by atoms with Crippen molar-refractivity contribution in [3.63, 3.8) is 0 Å². The number of aromatic nitrogens is 2. The van der Waals surface area contributed by atoms with Crippen molar-refractivity contribution >= 4 is 15.6 Å². The molecule has 1 saturated heterocycles. The maximum Gasteiger partial charge on any atom is 0.202 e. The summed E-state index contributed by atoms with van der Waals surface area (Å²) in [6.07, 6.45) is 3.64. The van der Waals surface area contributed by atoms with Crippen molar-refractivity contribution in [3.05, 3.63) is 18.2 Å². The highest BCUT2D eigenvalue weighted by Crippen LogP contribution is 2.21. The van der Waals surface area contributed by atoms with Crippen LogP contribution in [0.4, 0.5) is 0 Å². The van der Waals surface area contributed by atoms with Crippen LogP contribution in [0, 0.1) is 5.92 Å². The van der Waals surface area contributed by atoms with Crippen molar-refractivity contribution < 1.29 is 13.2 Å². The Morgan fingerprint density at radius 2 is 2.33 bits per heavy atom. The van der Waals surface area contributed by atoms with Gasteiger partial charge in [0.1, 0.15) is 0 Å². The van der Waals surface area contributed by atoms with Gasteiger partial charge in [-0.2, -0.15) is 0 Å². The van der Waals surface area contributed by atoms with Gasteiger partial charge in [0.2, 0.25) is 5.78 Å². The molecule has 0 radical (unpaired) electrons. The summed E-state index contributed by atoms with van der Waals surface area (Å²) in [4.78, 5) is 15.8. The van der Waals surface area contributed by atoms with Gasteiger partial charge in [0.05, 0.1) is 11.5 Å². The summed E-state index contributed by atoms with van der Waals surface area (Å²) in [5.74, 6) is -0.135. The number of nitrogens with zero attached hydrogens (tertiary/aromatic N) is 2. The van der Waals surface area contributed by atoms with Crippen LogP contribution >= 0.6 is 0 Å². The highest BCUT2D eigenvalue weighted by molar-refractivity contribution is 7.91. The van der Waals surface area contributed by atoms with Gasteiger partial charge < -0.3 is 4.57 Å². The number of sulfone groups is 1. The minimum atomic E-state index is -3.00. The molecule has 0 aliphatic carbocycles. The molecule has 2 rings (SSSR count). The Labute approximate surface area is 88.0 Å². The Kier molecular flexibility index (Phi) is 2.38. The van der Waals surface area contributed by atoms with E-state index in [-0.39, 0.29) is 17.3 Å². The van der Waals surface area contributed by atoms with Crippen molar-refractivity contribution in [1.29, 1.82) is 0 Å². The summed E-state index contributed by atoms with van der Waals surface area (Å²) >= 11 is 0. The van der Waals surface area contributed by atoms with E-state index >= 15 is 0 Å². The summed E-state index contributed by atoms with van der Waals surface area (Å²) in [5.41, 5.74) is 0. The van der Waals surface area contributed by atoms with E-state index < -0.39 is 15.8 Å². The standard InChI is InChI=1S/C9H12N2O3S/c1-11-4-3-10-9(11)8(12)7-2-5-15(13,14)6-7/h3-4,7H,2,5-6H2,1H3. The van der Waals surface area contributed by atoms with Crippen molar-refractivity contribution in [2.75, 3.05) is 11.5 Å². The largest absolute Gasteiger partial charge is 0.332 e. The van der Waals surface area contributed by atoms with Gasteiger partial charge in [-0.15, -0.1) is 0 Å². The average Bonchev–Trinajstić information content (AvgIpc) is 2.71. The molecule has 0 aromatic carbocycles. The molecule has 6 heteroatoms. The molecular weight excluding hydrogens is 216 g/mol. The monoisotopic (exact) mass is 228 g/mol. The van der Waals surface area contributed by atoms with Gasteiger partial charge >= 0.3 is 0 Å². The quantitative estimate of drug-likeness (QED) is 0.670. The minimum Gasteiger partial charge on any atom is -0.332 e. The maximum absolute atomic E-state index is 11.9. The molecule has 1 atom stereocenters. The molecule has 5 nitrogen and oxygen atoms in total. The van der Waals surface area contributed by atoms with Gasteiger partial charge in [0, 0.05) is 25.4 Å². The van der Waals surface area contributed by atoms with E-state index in [9.17, 15) is 13.2 Å². The van der Waals surface area contributed by atoms with E-state index in [4.69, 9.17) is 0 Å². The second-order valence-corrected chi connectivity index (χ2v) is 6.05. The molecule has 0 N–H and O–H groups in total. The minimum absolute atomic E-state index is 0.0291. The zero-order chi connectivity index (χ0) is 11.1. The van der Waals surface area contributed by atoms with E-state index in [2.05, 4.69) is 4.98 Å². The number of imidazole rings is 1. The number of Topliss-reactive ketones (excluding diaryl/α,β-unsaturated/α-hetero) is 1. The number of ketones is 1. The number of hydrogen-bond acceptors (Lipinski definition) is 4. The first-order valence-corrected chi connectivity index (χ1v) is 6.54. The molecule has 82 valence electrons. The van der Waals surface area contributed by atoms with Crippen LogP contribution in [0.3, 0.4) is 0 Å². The number of hydrogen-bond donors (Lipinski definition) is 0. The molecule has 0 saturated carbocycles. The molecule has 1 aliphatic rings. The number of aryl methyl sites for hydroxylation is 1. The molecule has 1 aromatic heterocycles. The molecule has 0 amide bonds. The van der Waals surface area contributed by atoms with E-state index in [0.717, 1.165) is 0 Å². The Bertz CT molecular complexity index is 489.